The largest absolute Gasteiger partial charge is 0.381 e. The summed E-state index contributed by atoms with van der Waals surface area (Å²) in [5, 5.41) is 5.97. The quantitative estimate of drug-likeness (QED) is 0.791. The smallest absolute Gasteiger partial charge is 0.270 e. The molecule has 0 atom stereocenters. The van der Waals surface area contributed by atoms with E-state index in [1.165, 1.54) is 0 Å². The molecule has 0 spiro atoms. The van der Waals surface area contributed by atoms with E-state index >= 15 is 0 Å². The summed E-state index contributed by atoms with van der Waals surface area (Å²) in [5.74, 6) is -0.184. The first kappa shape index (κ1) is 13.8. The van der Waals surface area contributed by atoms with E-state index < -0.39 is 0 Å². The molecule has 20 heavy (non-hydrogen) atoms. The van der Waals surface area contributed by atoms with Crippen LogP contribution in [-0.4, -0.2) is 17.4 Å². The molecule has 2 aromatic rings. The number of amides is 1. The van der Waals surface area contributed by atoms with Crippen molar-refractivity contribution in [1.29, 1.82) is 0 Å². The molecule has 2 rings (SSSR count). The molecular weight excluding hydrogens is 250 g/mol. The van der Waals surface area contributed by atoms with Crippen LogP contribution in [0.2, 0.25) is 0 Å². The average Bonchev–Trinajstić information content (AvgIpc) is 2.52. The summed E-state index contributed by atoms with van der Waals surface area (Å²) in [5.41, 5.74) is 2.31. The highest BCUT2D eigenvalue weighted by Gasteiger charge is 2.07. The monoisotopic (exact) mass is 267 g/mol. The van der Waals surface area contributed by atoms with Gasteiger partial charge in [-0.1, -0.05) is 36.4 Å². The van der Waals surface area contributed by atoms with Gasteiger partial charge in [0.1, 0.15) is 5.69 Å². The van der Waals surface area contributed by atoms with Crippen molar-refractivity contribution >= 4 is 11.6 Å². The maximum atomic E-state index is 12.0. The van der Waals surface area contributed by atoms with E-state index in [0.29, 0.717) is 18.8 Å². The van der Waals surface area contributed by atoms with Crippen LogP contribution in [0.4, 0.5) is 5.69 Å². The van der Waals surface area contributed by atoms with Gasteiger partial charge in [-0.05, 0) is 17.7 Å². The number of pyridine rings is 1. The van der Waals surface area contributed by atoms with Crippen LogP contribution in [0.15, 0.2) is 61.3 Å². The number of aromatic nitrogens is 1. The summed E-state index contributed by atoms with van der Waals surface area (Å²) in [6.45, 7) is 4.78. The van der Waals surface area contributed by atoms with Gasteiger partial charge in [0.05, 0.1) is 0 Å². The Morgan fingerprint density at radius 1 is 1.25 bits per heavy atom. The van der Waals surface area contributed by atoms with E-state index in [1.54, 1.807) is 18.3 Å². The first-order valence-corrected chi connectivity index (χ1v) is 6.42. The fourth-order valence-electron chi connectivity index (χ4n) is 1.72. The Balaban J connectivity index is 1.96. The van der Waals surface area contributed by atoms with Crippen molar-refractivity contribution in [2.24, 2.45) is 0 Å². The third kappa shape index (κ3) is 3.95. The van der Waals surface area contributed by atoms with Crippen LogP contribution in [0.5, 0.6) is 0 Å². The van der Waals surface area contributed by atoms with Crippen molar-refractivity contribution in [2.45, 2.75) is 6.54 Å². The lowest BCUT2D eigenvalue weighted by Crippen LogP contribution is -2.23. The van der Waals surface area contributed by atoms with Gasteiger partial charge in [-0.3, -0.25) is 9.78 Å². The summed E-state index contributed by atoms with van der Waals surface area (Å²) in [4.78, 5) is 16.1. The second-order valence-corrected chi connectivity index (χ2v) is 4.27. The fourth-order valence-corrected chi connectivity index (χ4v) is 1.72. The number of benzene rings is 1. The predicted octanol–water partition coefficient (Wildman–Crippen LogP) is 2.61. The summed E-state index contributed by atoms with van der Waals surface area (Å²) >= 11 is 0. The Morgan fingerprint density at radius 3 is 2.80 bits per heavy atom. The van der Waals surface area contributed by atoms with Crippen LogP contribution in [0, 0.1) is 0 Å². The molecule has 1 amide bonds. The molecule has 0 bridgehead atoms. The zero-order valence-electron chi connectivity index (χ0n) is 11.2. The number of nitrogens with zero attached hydrogens (tertiary/aromatic N) is 1. The van der Waals surface area contributed by atoms with Gasteiger partial charge in [0.2, 0.25) is 0 Å². The zero-order chi connectivity index (χ0) is 14.2. The Labute approximate surface area is 118 Å². The topological polar surface area (TPSA) is 54.0 Å². The van der Waals surface area contributed by atoms with E-state index in [4.69, 9.17) is 0 Å². The van der Waals surface area contributed by atoms with Crippen LogP contribution >= 0.6 is 0 Å². The Hall–Kier alpha value is -2.62. The van der Waals surface area contributed by atoms with Crippen LogP contribution in [0.1, 0.15) is 16.1 Å². The SMILES string of the molecule is C=CCNc1ccnc(C(=O)NCc2ccccc2)c1. The van der Waals surface area contributed by atoms with E-state index in [-0.39, 0.29) is 5.91 Å². The summed E-state index contributed by atoms with van der Waals surface area (Å²) < 4.78 is 0. The van der Waals surface area contributed by atoms with Gasteiger partial charge in [0.25, 0.3) is 5.91 Å². The molecule has 4 heteroatoms. The lowest BCUT2D eigenvalue weighted by Gasteiger charge is -2.07. The van der Waals surface area contributed by atoms with Crippen molar-refractivity contribution in [1.82, 2.24) is 10.3 Å². The molecule has 0 saturated heterocycles. The molecule has 0 aliphatic heterocycles. The number of rotatable bonds is 6. The highest BCUT2D eigenvalue weighted by Crippen LogP contribution is 2.08. The molecule has 102 valence electrons. The standard InChI is InChI=1S/C16H17N3O/c1-2-9-17-14-8-10-18-15(11-14)16(20)19-12-13-6-4-3-5-7-13/h2-8,10-11H,1,9,12H2,(H,17,18)(H,19,20). The number of hydrogen-bond acceptors (Lipinski definition) is 3. The summed E-state index contributed by atoms with van der Waals surface area (Å²) in [6.07, 6.45) is 3.37. The molecule has 4 nitrogen and oxygen atoms in total. The maximum Gasteiger partial charge on any atom is 0.270 e. The molecule has 0 saturated carbocycles. The molecule has 1 aromatic carbocycles. The van der Waals surface area contributed by atoms with Gasteiger partial charge in [0.15, 0.2) is 0 Å². The highest BCUT2D eigenvalue weighted by atomic mass is 16.1. The lowest BCUT2D eigenvalue weighted by atomic mass is 10.2. The second-order valence-electron chi connectivity index (χ2n) is 4.27. The molecule has 2 N–H and O–H groups in total. The molecule has 0 unspecified atom stereocenters. The number of anilines is 1. The van der Waals surface area contributed by atoms with Crippen LogP contribution < -0.4 is 10.6 Å². The molecule has 0 radical (unpaired) electrons. The summed E-state index contributed by atoms with van der Waals surface area (Å²) in [7, 11) is 0. The van der Waals surface area contributed by atoms with Gasteiger partial charge in [-0.15, -0.1) is 6.58 Å². The first-order valence-electron chi connectivity index (χ1n) is 6.42. The zero-order valence-corrected chi connectivity index (χ0v) is 11.2. The van der Waals surface area contributed by atoms with Gasteiger partial charge < -0.3 is 10.6 Å². The van der Waals surface area contributed by atoms with E-state index in [1.807, 2.05) is 36.4 Å². The minimum atomic E-state index is -0.184. The number of carbonyl (C=O) groups is 1. The van der Waals surface area contributed by atoms with Gasteiger partial charge >= 0.3 is 0 Å². The molecule has 0 aliphatic rings. The Bertz CT molecular complexity index is 581. The van der Waals surface area contributed by atoms with Crippen molar-refractivity contribution in [3.63, 3.8) is 0 Å². The molecule has 0 aliphatic carbocycles. The van der Waals surface area contributed by atoms with Crippen molar-refractivity contribution in [2.75, 3.05) is 11.9 Å². The van der Waals surface area contributed by atoms with E-state index in [0.717, 1.165) is 11.3 Å². The normalized spacial score (nSPS) is 9.80. The number of nitrogens with one attached hydrogen (secondary N) is 2. The van der Waals surface area contributed by atoms with Crippen LogP contribution in [0.25, 0.3) is 0 Å². The van der Waals surface area contributed by atoms with Crippen LogP contribution in [0.3, 0.4) is 0 Å². The highest BCUT2D eigenvalue weighted by molar-refractivity contribution is 5.93. The second kappa shape index (κ2) is 7.09. The first-order chi connectivity index (χ1) is 9.79. The van der Waals surface area contributed by atoms with E-state index in [9.17, 15) is 4.79 Å². The third-order valence-electron chi connectivity index (χ3n) is 2.74. The predicted molar refractivity (Wildman–Crippen MR) is 80.5 cm³/mol. The van der Waals surface area contributed by atoms with Crippen molar-refractivity contribution in [3.8, 4) is 0 Å². The lowest BCUT2D eigenvalue weighted by molar-refractivity contribution is 0.0946. The molecule has 1 heterocycles. The Kier molecular flexibility index (Phi) is 4.89. The minimum Gasteiger partial charge on any atom is -0.381 e. The molecular formula is C16H17N3O. The van der Waals surface area contributed by atoms with Gasteiger partial charge in [0, 0.05) is 25.0 Å². The van der Waals surface area contributed by atoms with Crippen molar-refractivity contribution in [3.05, 3.63) is 72.6 Å². The van der Waals surface area contributed by atoms with Gasteiger partial charge in [-0.2, -0.15) is 0 Å². The number of hydrogen-bond donors (Lipinski definition) is 2. The molecule has 1 aromatic heterocycles. The Morgan fingerprint density at radius 2 is 2.05 bits per heavy atom. The number of carbonyl (C=O) groups excluding carboxylic acids is 1. The summed E-state index contributed by atoms with van der Waals surface area (Å²) in [6, 6.07) is 13.3. The van der Waals surface area contributed by atoms with Gasteiger partial charge in [-0.25, -0.2) is 0 Å². The maximum absolute atomic E-state index is 12.0. The minimum absolute atomic E-state index is 0.184. The fraction of sp³-hybridized carbons (Fsp3) is 0.125. The van der Waals surface area contributed by atoms with E-state index in [2.05, 4.69) is 22.2 Å². The molecule has 0 fully saturated rings. The third-order valence-corrected chi connectivity index (χ3v) is 2.74. The van der Waals surface area contributed by atoms with Crippen LogP contribution in [-0.2, 0) is 6.54 Å². The van der Waals surface area contributed by atoms with Crippen molar-refractivity contribution < 1.29 is 4.79 Å². The average molecular weight is 267 g/mol.